The van der Waals surface area contributed by atoms with Gasteiger partial charge in [-0.2, -0.15) is 0 Å². The largest absolute Gasteiger partial charge is 0.352 e. The maximum atomic E-state index is 12.6. The highest BCUT2D eigenvalue weighted by Crippen LogP contribution is 2.24. The van der Waals surface area contributed by atoms with Crippen molar-refractivity contribution in [1.82, 2.24) is 25.4 Å². The van der Waals surface area contributed by atoms with Crippen molar-refractivity contribution in [2.45, 2.75) is 38.3 Å². The molecule has 7 nitrogen and oxygen atoms in total. The number of aromatic nitrogens is 1. The first-order valence-electron chi connectivity index (χ1n) is 10.2. The Labute approximate surface area is 167 Å². The highest BCUT2D eigenvalue weighted by atomic mass is 16.2. The Bertz CT molecular complexity index is 658. The number of amides is 3. The van der Waals surface area contributed by atoms with Crippen LogP contribution in [0.5, 0.6) is 0 Å². The van der Waals surface area contributed by atoms with Gasteiger partial charge in [-0.3, -0.25) is 14.7 Å². The molecule has 0 unspecified atom stereocenters. The summed E-state index contributed by atoms with van der Waals surface area (Å²) in [6.45, 7) is 8.04. The van der Waals surface area contributed by atoms with Crippen LogP contribution in [0.1, 0.15) is 31.2 Å². The van der Waals surface area contributed by atoms with Gasteiger partial charge in [-0.1, -0.05) is 12.1 Å². The van der Waals surface area contributed by atoms with Crippen LogP contribution in [-0.4, -0.2) is 65.5 Å². The fraction of sp³-hybridized carbons (Fsp3) is 0.571. The zero-order valence-corrected chi connectivity index (χ0v) is 16.5. The Kier molecular flexibility index (Phi) is 7.42. The van der Waals surface area contributed by atoms with Gasteiger partial charge in [0.2, 0.25) is 5.91 Å². The molecule has 0 aliphatic carbocycles. The van der Waals surface area contributed by atoms with Gasteiger partial charge in [0.25, 0.3) is 0 Å². The SMILES string of the molecule is C=CCNC(=O)N1CCC(N2CCC[C@@H](C(=O)NCc3cccnc3)C2)CC1. The van der Waals surface area contributed by atoms with E-state index < -0.39 is 0 Å². The first-order chi connectivity index (χ1) is 13.7. The van der Waals surface area contributed by atoms with Crippen molar-refractivity contribution in [3.05, 3.63) is 42.7 Å². The fourth-order valence-corrected chi connectivity index (χ4v) is 4.09. The number of nitrogens with zero attached hydrogens (tertiary/aromatic N) is 3. The third-order valence-corrected chi connectivity index (χ3v) is 5.68. The number of nitrogens with one attached hydrogen (secondary N) is 2. The zero-order valence-electron chi connectivity index (χ0n) is 16.5. The van der Waals surface area contributed by atoms with E-state index in [1.807, 2.05) is 17.0 Å². The first kappa shape index (κ1) is 20.3. The average Bonchev–Trinajstić information content (AvgIpc) is 2.76. The van der Waals surface area contributed by atoms with Crippen LogP contribution >= 0.6 is 0 Å². The number of pyridine rings is 1. The lowest BCUT2D eigenvalue weighted by molar-refractivity contribution is -0.127. The molecule has 1 aromatic rings. The van der Waals surface area contributed by atoms with Crippen LogP contribution in [0.4, 0.5) is 4.79 Å². The molecule has 0 radical (unpaired) electrons. The van der Waals surface area contributed by atoms with Gasteiger partial charge >= 0.3 is 6.03 Å². The highest BCUT2D eigenvalue weighted by Gasteiger charge is 2.32. The molecule has 7 heteroatoms. The number of rotatable bonds is 6. The van der Waals surface area contributed by atoms with Gasteiger partial charge < -0.3 is 15.5 Å². The molecule has 28 heavy (non-hydrogen) atoms. The molecule has 3 rings (SSSR count). The van der Waals surface area contributed by atoms with Gasteiger partial charge in [-0.05, 0) is 43.9 Å². The monoisotopic (exact) mass is 385 g/mol. The van der Waals surface area contributed by atoms with Gasteiger partial charge in [0, 0.05) is 51.2 Å². The summed E-state index contributed by atoms with van der Waals surface area (Å²) >= 11 is 0. The minimum atomic E-state index is -0.00958. The molecule has 1 aromatic heterocycles. The van der Waals surface area contributed by atoms with Crippen LogP contribution in [0.2, 0.25) is 0 Å². The van der Waals surface area contributed by atoms with Crippen molar-refractivity contribution in [2.75, 3.05) is 32.7 Å². The van der Waals surface area contributed by atoms with Crippen LogP contribution < -0.4 is 10.6 Å². The van der Waals surface area contributed by atoms with Gasteiger partial charge in [0.05, 0.1) is 5.92 Å². The minimum Gasteiger partial charge on any atom is -0.352 e. The number of likely N-dealkylation sites (tertiary alicyclic amines) is 2. The van der Waals surface area contributed by atoms with Crippen LogP contribution in [0.3, 0.4) is 0 Å². The number of carbonyl (C=O) groups is 2. The molecule has 2 aliphatic rings. The molecule has 3 heterocycles. The number of hydrogen-bond acceptors (Lipinski definition) is 4. The van der Waals surface area contributed by atoms with E-state index in [9.17, 15) is 9.59 Å². The second-order valence-electron chi connectivity index (χ2n) is 7.61. The number of carbonyl (C=O) groups excluding carboxylic acids is 2. The van der Waals surface area contributed by atoms with E-state index >= 15 is 0 Å². The Balaban J connectivity index is 1.44. The minimum absolute atomic E-state index is 0.00958. The van der Waals surface area contributed by atoms with Gasteiger partial charge in [-0.15, -0.1) is 6.58 Å². The molecular formula is C21H31N5O2. The standard InChI is InChI=1S/C21H31N5O2/c1-2-9-23-21(28)25-12-7-19(8-13-25)26-11-4-6-18(16-26)20(27)24-15-17-5-3-10-22-14-17/h2-3,5,10,14,18-19H,1,4,6-9,11-13,15-16H2,(H,23,28)(H,24,27)/t18-/m1/s1. The summed E-state index contributed by atoms with van der Waals surface area (Å²) in [5, 5.41) is 5.90. The molecule has 2 N–H and O–H groups in total. The van der Waals surface area contributed by atoms with Gasteiger partial charge in [0.1, 0.15) is 0 Å². The third kappa shape index (κ3) is 5.55. The number of hydrogen-bond donors (Lipinski definition) is 2. The van der Waals surface area contributed by atoms with Gasteiger partial charge in [-0.25, -0.2) is 4.79 Å². The normalized spacial score (nSPS) is 21.1. The van der Waals surface area contributed by atoms with E-state index in [-0.39, 0.29) is 17.9 Å². The molecule has 152 valence electrons. The van der Waals surface area contributed by atoms with E-state index in [0.717, 1.165) is 57.4 Å². The quantitative estimate of drug-likeness (QED) is 0.732. The summed E-state index contributed by atoms with van der Waals surface area (Å²) in [5.41, 5.74) is 1.02. The van der Waals surface area contributed by atoms with Crippen molar-refractivity contribution in [2.24, 2.45) is 5.92 Å². The predicted molar refractivity (Wildman–Crippen MR) is 109 cm³/mol. The topological polar surface area (TPSA) is 77.6 Å². The first-order valence-corrected chi connectivity index (χ1v) is 10.2. The number of piperidine rings is 2. The van der Waals surface area contributed by atoms with Crippen molar-refractivity contribution >= 4 is 11.9 Å². The van der Waals surface area contributed by atoms with E-state index in [2.05, 4.69) is 27.1 Å². The smallest absolute Gasteiger partial charge is 0.317 e. The van der Waals surface area contributed by atoms with Crippen molar-refractivity contribution in [3.63, 3.8) is 0 Å². The second kappa shape index (κ2) is 10.2. The maximum absolute atomic E-state index is 12.6. The summed E-state index contributed by atoms with van der Waals surface area (Å²) in [5.74, 6) is 0.175. The molecule has 0 saturated carbocycles. The molecule has 0 spiro atoms. The third-order valence-electron chi connectivity index (χ3n) is 5.68. The molecule has 2 saturated heterocycles. The Hall–Kier alpha value is -2.41. The summed E-state index contributed by atoms with van der Waals surface area (Å²) < 4.78 is 0. The highest BCUT2D eigenvalue weighted by molar-refractivity contribution is 5.79. The van der Waals surface area contributed by atoms with Crippen LogP contribution in [0.25, 0.3) is 0 Å². The van der Waals surface area contributed by atoms with Crippen LogP contribution in [-0.2, 0) is 11.3 Å². The van der Waals surface area contributed by atoms with Crippen molar-refractivity contribution in [1.29, 1.82) is 0 Å². The summed E-state index contributed by atoms with van der Waals surface area (Å²) in [4.78, 5) is 33.1. The molecular weight excluding hydrogens is 354 g/mol. The molecule has 2 fully saturated rings. The Morgan fingerprint density at radius 1 is 1.21 bits per heavy atom. The maximum Gasteiger partial charge on any atom is 0.317 e. The predicted octanol–water partition coefficient (Wildman–Crippen LogP) is 1.77. The average molecular weight is 386 g/mol. The molecule has 0 aromatic carbocycles. The van der Waals surface area contributed by atoms with Gasteiger partial charge in [0.15, 0.2) is 0 Å². The lowest BCUT2D eigenvalue weighted by atomic mass is 9.93. The van der Waals surface area contributed by atoms with Crippen molar-refractivity contribution < 1.29 is 9.59 Å². The van der Waals surface area contributed by atoms with E-state index in [4.69, 9.17) is 0 Å². The van der Waals surface area contributed by atoms with Crippen molar-refractivity contribution in [3.8, 4) is 0 Å². The summed E-state index contributed by atoms with van der Waals surface area (Å²) in [6.07, 6.45) is 9.13. The number of urea groups is 1. The van der Waals surface area contributed by atoms with E-state index in [1.54, 1.807) is 18.5 Å². The summed E-state index contributed by atoms with van der Waals surface area (Å²) in [7, 11) is 0. The second-order valence-corrected chi connectivity index (χ2v) is 7.61. The molecule has 3 amide bonds. The zero-order chi connectivity index (χ0) is 19.8. The lowest BCUT2D eigenvalue weighted by Crippen LogP contribution is -2.52. The lowest BCUT2D eigenvalue weighted by Gasteiger charge is -2.42. The molecule has 2 aliphatic heterocycles. The fourth-order valence-electron chi connectivity index (χ4n) is 4.09. The van der Waals surface area contributed by atoms with E-state index in [0.29, 0.717) is 19.1 Å². The van der Waals surface area contributed by atoms with Crippen LogP contribution in [0, 0.1) is 5.92 Å². The Morgan fingerprint density at radius 2 is 2.04 bits per heavy atom. The summed E-state index contributed by atoms with van der Waals surface area (Å²) in [6, 6.07) is 4.30. The molecule has 1 atom stereocenters. The molecule has 0 bridgehead atoms. The Morgan fingerprint density at radius 3 is 2.75 bits per heavy atom. The van der Waals surface area contributed by atoms with Crippen LogP contribution in [0.15, 0.2) is 37.2 Å². The van der Waals surface area contributed by atoms with E-state index in [1.165, 1.54) is 0 Å².